The first-order valence-corrected chi connectivity index (χ1v) is 4.95. The van der Waals surface area contributed by atoms with Gasteiger partial charge in [0.25, 0.3) is 0 Å². The van der Waals surface area contributed by atoms with Crippen LogP contribution in [0, 0.1) is 0 Å². The number of nitrogens with one attached hydrogen (secondary N) is 1. The summed E-state index contributed by atoms with van der Waals surface area (Å²) in [4.78, 5) is 7.68. The highest BCUT2D eigenvalue weighted by atomic mass is 35.5. The first-order chi connectivity index (χ1) is 8.02. The number of aromatic nitrogens is 2. The van der Waals surface area contributed by atoms with Crippen LogP contribution in [0.25, 0.3) is 0 Å². The molecule has 1 N–H and O–H groups in total. The van der Waals surface area contributed by atoms with E-state index in [0.717, 1.165) is 0 Å². The van der Waals surface area contributed by atoms with Gasteiger partial charge < -0.3 is 10.1 Å². The molecule has 1 aromatic heterocycles. The summed E-state index contributed by atoms with van der Waals surface area (Å²) >= 11 is 5.65. The molecule has 4 nitrogen and oxygen atoms in total. The highest BCUT2D eigenvalue weighted by molar-refractivity contribution is 6.28. The molecule has 6 heteroatoms. The maximum Gasteiger partial charge on any atom is 0.224 e. The van der Waals surface area contributed by atoms with Crippen molar-refractivity contribution < 1.29 is 9.13 Å². The molecule has 0 spiro atoms. The third-order valence-corrected chi connectivity index (χ3v) is 1.87. The molecule has 0 aliphatic rings. The van der Waals surface area contributed by atoms with Gasteiger partial charge in [0, 0.05) is 5.70 Å². The summed E-state index contributed by atoms with van der Waals surface area (Å²) in [7, 11) is 1.47. The number of methoxy groups -OCH3 is 1. The van der Waals surface area contributed by atoms with Crippen LogP contribution in [0.4, 0.5) is 10.2 Å². The van der Waals surface area contributed by atoms with Crippen molar-refractivity contribution in [2.45, 2.75) is 0 Å². The molecular weight excluding hydrogens is 245 g/mol. The molecule has 0 unspecified atom stereocenters. The maximum atomic E-state index is 12.4. The molecule has 90 valence electrons. The molecule has 1 rings (SSSR count). The zero-order valence-electron chi connectivity index (χ0n) is 9.20. The minimum atomic E-state index is -0.569. The number of rotatable bonds is 5. The van der Waals surface area contributed by atoms with Crippen LogP contribution in [0.3, 0.4) is 0 Å². The van der Waals surface area contributed by atoms with Gasteiger partial charge in [-0.05, 0) is 23.8 Å². The van der Waals surface area contributed by atoms with Crippen molar-refractivity contribution in [1.29, 1.82) is 0 Å². The molecule has 1 heterocycles. The molecular formula is C11H11ClFN3O. The SMILES string of the molecule is C=C(F)/C=C\C(=C)Nc1nc(Cl)ncc1OC. The monoisotopic (exact) mass is 255 g/mol. The highest BCUT2D eigenvalue weighted by Crippen LogP contribution is 2.23. The Balaban J connectivity index is 2.83. The van der Waals surface area contributed by atoms with Gasteiger partial charge in [0.05, 0.1) is 13.3 Å². The van der Waals surface area contributed by atoms with Gasteiger partial charge in [0.2, 0.25) is 5.28 Å². The number of nitrogens with zero attached hydrogens (tertiary/aromatic N) is 2. The molecule has 17 heavy (non-hydrogen) atoms. The molecule has 0 saturated heterocycles. The zero-order chi connectivity index (χ0) is 12.8. The molecule has 0 atom stereocenters. The smallest absolute Gasteiger partial charge is 0.224 e. The Morgan fingerprint density at radius 3 is 2.82 bits per heavy atom. The van der Waals surface area contributed by atoms with Crippen molar-refractivity contribution in [2.75, 3.05) is 12.4 Å². The summed E-state index contributed by atoms with van der Waals surface area (Å²) in [6.07, 6.45) is 4.01. The molecule has 0 aliphatic carbocycles. The second-order valence-electron chi connectivity index (χ2n) is 2.99. The van der Waals surface area contributed by atoms with Crippen molar-refractivity contribution >= 4 is 17.4 Å². The standard InChI is InChI=1S/C11H11ClFN3O/c1-7(13)4-5-8(2)15-10-9(17-3)6-14-11(12)16-10/h4-6H,1-2H2,3H3,(H,14,15,16)/b5-4-. The van der Waals surface area contributed by atoms with Crippen LogP contribution < -0.4 is 10.1 Å². The van der Waals surface area contributed by atoms with Gasteiger partial charge >= 0.3 is 0 Å². The van der Waals surface area contributed by atoms with Gasteiger partial charge in [-0.3, -0.25) is 0 Å². The predicted octanol–water partition coefficient (Wildman–Crippen LogP) is 3.10. The lowest BCUT2D eigenvalue weighted by Crippen LogP contribution is -2.02. The third-order valence-electron chi connectivity index (χ3n) is 1.69. The predicted molar refractivity (Wildman–Crippen MR) is 65.7 cm³/mol. The van der Waals surface area contributed by atoms with Gasteiger partial charge in [0.1, 0.15) is 5.83 Å². The minimum absolute atomic E-state index is 0.0694. The van der Waals surface area contributed by atoms with Crippen molar-refractivity contribution in [3.63, 3.8) is 0 Å². The van der Waals surface area contributed by atoms with Crippen molar-refractivity contribution in [2.24, 2.45) is 0 Å². The Morgan fingerprint density at radius 1 is 1.53 bits per heavy atom. The van der Waals surface area contributed by atoms with Crippen molar-refractivity contribution in [3.05, 3.63) is 48.3 Å². The Morgan fingerprint density at radius 2 is 2.24 bits per heavy atom. The van der Waals surface area contributed by atoms with Crippen LogP contribution in [-0.4, -0.2) is 17.1 Å². The summed E-state index contributed by atoms with van der Waals surface area (Å²) in [5.41, 5.74) is 0.414. The number of hydrogen-bond donors (Lipinski definition) is 1. The Bertz CT molecular complexity index is 474. The van der Waals surface area contributed by atoms with E-state index in [1.165, 1.54) is 25.5 Å². The van der Waals surface area contributed by atoms with E-state index in [2.05, 4.69) is 28.4 Å². The molecule has 0 aliphatic heterocycles. The topological polar surface area (TPSA) is 47.0 Å². The molecule has 0 amide bonds. The largest absolute Gasteiger partial charge is 0.491 e. The summed E-state index contributed by atoms with van der Waals surface area (Å²) in [6, 6.07) is 0. The van der Waals surface area contributed by atoms with Gasteiger partial charge in [-0.2, -0.15) is 4.98 Å². The minimum Gasteiger partial charge on any atom is -0.491 e. The number of ether oxygens (including phenoxy) is 1. The van der Waals surface area contributed by atoms with Gasteiger partial charge in [-0.15, -0.1) is 0 Å². The summed E-state index contributed by atoms with van der Waals surface area (Å²) in [6.45, 7) is 6.75. The lowest BCUT2D eigenvalue weighted by atomic mass is 10.4. The molecule has 1 aromatic rings. The zero-order valence-corrected chi connectivity index (χ0v) is 9.96. The average molecular weight is 256 g/mol. The second-order valence-corrected chi connectivity index (χ2v) is 3.32. The fourth-order valence-electron chi connectivity index (χ4n) is 0.973. The second kappa shape index (κ2) is 6.00. The Labute approximate surface area is 103 Å². The quantitative estimate of drug-likeness (QED) is 0.649. The molecule has 0 radical (unpaired) electrons. The number of allylic oxidation sites excluding steroid dienone is 3. The average Bonchev–Trinajstić information content (AvgIpc) is 2.27. The molecule has 0 fully saturated rings. The normalized spacial score (nSPS) is 10.3. The van der Waals surface area contributed by atoms with E-state index in [1.807, 2.05) is 0 Å². The van der Waals surface area contributed by atoms with E-state index < -0.39 is 5.83 Å². The van der Waals surface area contributed by atoms with Crippen LogP contribution in [0.5, 0.6) is 5.75 Å². The van der Waals surface area contributed by atoms with Gasteiger partial charge in [-0.1, -0.05) is 13.2 Å². The fourth-order valence-corrected chi connectivity index (χ4v) is 1.11. The molecule has 0 bridgehead atoms. The lowest BCUT2D eigenvalue weighted by molar-refractivity contribution is 0.413. The van der Waals surface area contributed by atoms with E-state index in [1.54, 1.807) is 0 Å². The van der Waals surface area contributed by atoms with Crippen LogP contribution in [0.1, 0.15) is 0 Å². The van der Waals surface area contributed by atoms with Crippen molar-refractivity contribution in [3.8, 4) is 5.75 Å². The molecule has 0 saturated carbocycles. The van der Waals surface area contributed by atoms with E-state index >= 15 is 0 Å². The summed E-state index contributed by atoms with van der Waals surface area (Å²) in [5.74, 6) is 0.190. The highest BCUT2D eigenvalue weighted by Gasteiger charge is 2.06. The molecule has 0 aromatic carbocycles. The summed E-state index contributed by atoms with van der Waals surface area (Å²) in [5, 5.41) is 2.88. The van der Waals surface area contributed by atoms with E-state index in [0.29, 0.717) is 17.3 Å². The first kappa shape index (κ1) is 13.2. The Hall–Kier alpha value is -1.88. The number of hydrogen-bond acceptors (Lipinski definition) is 4. The number of halogens is 2. The van der Waals surface area contributed by atoms with Gasteiger partial charge in [-0.25, -0.2) is 9.37 Å². The first-order valence-electron chi connectivity index (χ1n) is 4.58. The maximum absolute atomic E-state index is 12.4. The van der Waals surface area contributed by atoms with Gasteiger partial charge in [0.15, 0.2) is 11.6 Å². The Kier molecular flexibility index (Phi) is 4.66. The van der Waals surface area contributed by atoms with Crippen LogP contribution in [-0.2, 0) is 0 Å². The van der Waals surface area contributed by atoms with Crippen LogP contribution >= 0.6 is 11.6 Å². The van der Waals surface area contributed by atoms with E-state index in [-0.39, 0.29) is 5.28 Å². The fraction of sp³-hybridized carbons (Fsp3) is 0.0909. The third kappa shape index (κ3) is 4.24. The van der Waals surface area contributed by atoms with E-state index in [9.17, 15) is 4.39 Å². The lowest BCUT2D eigenvalue weighted by Gasteiger charge is -2.09. The number of anilines is 1. The van der Waals surface area contributed by atoms with Crippen molar-refractivity contribution in [1.82, 2.24) is 9.97 Å². The van der Waals surface area contributed by atoms with E-state index in [4.69, 9.17) is 16.3 Å². The van der Waals surface area contributed by atoms with Crippen LogP contribution in [0.2, 0.25) is 5.28 Å². The summed E-state index contributed by atoms with van der Waals surface area (Å²) < 4.78 is 17.4. The van der Waals surface area contributed by atoms with Crippen LogP contribution in [0.15, 0.2) is 43.0 Å².